The molecular weight excluding hydrogens is 280 g/mol. The topological polar surface area (TPSA) is 9.23 Å². The van der Waals surface area contributed by atoms with Crippen molar-refractivity contribution < 1.29 is 4.74 Å². The Morgan fingerprint density at radius 3 is 1.74 bits per heavy atom. The van der Waals surface area contributed by atoms with Crippen LogP contribution in [0, 0.1) is 0 Å². The minimum atomic E-state index is 0.0425. The Balaban J connectivity index is 3.45. The first kappa shape index (κ1) is 19.5. The standard InChI is InChI=1S/C22H34O/c1-10-17(8)13-23-18(9)22-20(15(4)5)11-19(14(2)3)12-21(22)16(6)7/h10-16,18H,1H2,2-9H3/b17-13-/t18-/m0/s1. The zero-order valence-electron chi connectivity index (χ0n) is 16.2. The van der Waals surface area contributed by atoms with E-state index in [-0.39, 0.29) is 6.10 Å². The van der Waals surface area contributed by atoms with E-state index >= 15 is 0 Å². The Morgan fingerprint density at radius 1 is 0.913 bits per heavy atom. The highest BCUT2D eigenvalue weighted by atomic mass is 16.5. The van der Waals surface area contributed by atoms with Gasteiger partial charge in [-0.05, 0) is 59.4 Å². The van der Waals surface area contributed by atoms with Gasteiger partial charge >= 0.3 is 0 Å². The number of ether oxygens (including phenoxy) is 1. The summed E-state index contributed by atoms with van der Waals surface area (Å²) in [4.78, 5) is 0. The molecule has 0 heterocycles. The first-order valence-electron chi connectivity index (χ1n) is 8.81. The van der Waals surface area contributed by atoms with Crippen LogP contribution in [0.5, 0.6) is 0 Å². The second kappa shape index (κ2) is 8.38. The summed E-state index contributed by atoms with van der Waals surface area (Å²) in [5.74, 6) is 1.51. The monoisotopic (exact) mass is 314 g/mol. The maximum atomic E-state index is 6.03. The first-order chi connectivity index (χ1) is 10.7. The summed E-state index contributed by atoms with van der Waals surface area (Å²) in [6.45, 7) is 21.5. The molecule has 128 valence electrons. The molecule has 0 unspecified atom stereocenters. The van der Waals surface area contributed by atoms with Crippen molar-refractivity contribution in [2.24, 2.45) is 0 Å². The lowest BCUT2D eigenvalue weighted by molar-refractivity contribution is 0.160. The molecule has 0 saturated heterocycles. The van der Waals surface area contributed by atoms with E-state index in [1.165, 1.54) is 22.3 Å². The summed E-state index contributed by atoms with van der Waals surface area (Å²) in [5, 5.41) is 0. The highest BCUT2D eigenvalue weighted by Gasteiger charge is 2.21. The minimum Gasteiger partial charge on any atom is -0.493 e. The van der Waals surface area contributed by atoms with Gasteiger partial charge in [0.2, 0.25) is 0 Å². The molecule has 1 atom stereocenters. The van der Waals surface area contributed by atoms with Crippen LogP contribution in [-0.2, 0) is 4.74 Å². The van der Waals surface area contributed by atoms with E-state index in [1.807, 2.05) is 19.3 Å². The lowest BCUT2D eigenvalue weighted by Crippen LogP contribution is -2.10. The van der Waals surface area contributed by atoms with Crippen LogP contribution in [0.2, 0.25) is 0 Å². The van der Waals surface area contributed by atoms with Crippen LogP contribution >= 0.6 is 0 Å². The van der Waals surface area contributed by atoms with Gasteiger partial charge in [0.15, 0.2) is 0 Å². The van der Waals surface area contributed by atoms with Crippen LogP contribution in [0.3, 0.4) is 0 Å². The summed E-state index contributed by atoms with van der Waals surface area (Å²) in [6.07, 6.45) is 3.68. The molecule has 1 aromatic carbocycles. The van der Waals surface area contributed by atoms with Gasteiger partial charge in [0.1, 0.15) is 6.10 Å². The van der Waals surface area contributed by atoms with Crippen LogP contribution in [-0.4, -0.2) is 0 Å². The molecule has 0 fully saturated rings. The van der Waals surface area contributed by atoms with Crippen LogP contribution < -0.4 is 0 Å². The lowest BCUT2D eigenvalue weighted by atomic mass is 9.82. The third-order valence-corrected chi connectivity index (χ3v) is 4.36. The third-order valence-electron chi connectivity index (χ3n) is 4.36. The molecule has 0 aliphatic heterocycles. The van der Waals surface area contributed by atoms with Crippen molar-refractivity contribution in [2.45, 2.75) is 79.2 Å². The zero-order chi connectivity index (χ0) is 17.7. The van der Waals surface area contributed by atoms with E-state index < -0.39 is 0 Å². The molecule has 0 aliphatic carbocycles. The summed E-state index contributed by atoms with van der Waals surface area (Å²) in [7, 11) is 0. The van der Waals surface area contributed by atoms with Gasteiger partial charge in [-0.2, -0.15) is 0 Å². The molecule has 1 aromatic rings. The highest BCUT2D eigenvalue weighted by molar-refractivity contribution is 5.45. The number of allylic oxidation sites excluding steroid dienone is 2. The Kier molecular flexibility index (Phi) is 7.12. The summed E-state index contributed by atoms with van der Waals surface area (Å²) in [6, 6.07) is 4.75. The zero-order valence-corrected chi connectivity index (χ0v) is 16.2. The van der Waals surface area contributed by atoms with Crippen molar-refractivity contribution in [3.05, 3.63) is 58.9 Å². The van der Waals surface area contributed by atoms with Gasteiger partial charge in [0, 0.05) is 0 Å². The predicted octanol–water partition coefficient (Wildman–Crippen LogP) is 7.22. The van der Waals surface area contributed by atoms with E-state index in [2.05, 4.69) is 67.2 Å². The Morgan fingerprint density at radius 2 is 1.39 bits per heavy atom. The second-order valence-electron chi connectivity index (χ2n) is 7.42. The Bertz CT molecular complexity index is 532. The SMILES string of the molecule is C=C/C(C)=C\O[C@@H](C)c1c(C(C)C)cc(C(C)C)cc1C(C)C. The van der Waals surface area contributed by atoms with Crippen LogP contribution in [0.15, 0.2) is 36.6 Å². The van der Waals surface area contributed by atoms with E-state index in [9.17, 15) is 0 Å². The average Bonchev–Trinajstić information content (AvgIpc) is 2.50. The molecular formula is C22H34O. The molecule has 1 heteroatoms. The molecule has 0 spiro atoms. The van der Waals surface area contributed by atoms with Gasteiger partial charge < -0.3 is 4.74 Å². The highest BCUT2D eigenvalue weighted by Crippen LogP contribution is 2.37. The number of rotatable bonds is 7. The fourth-order valence-electron chi connectivity index (χ4n) is 2.81. The predicted molar refractivity (Wildman–Crippen MR) is 102 cm³/mol. The number of hydrogen-bond acceptors (Lipinski definition) is 1. The summed E-state index contributed by atoms with van der Waals surface area (Å²) >= 11 is 0. The number of hydrogen-bond donors (Lipinski definition) is 0. The largest absolute Gasteiger partial charge is 0.493 e. The molecule has 0 aliphatic rings. The smallest absolute Gasteiger partial charge is 0.121 e. The maximum absolute atomic E-state index is 6.03. The fraction of sp³-hybridized carbons (Fsp3) is 0.545. The van der Waals surface area contributed by atoms with E-state index in [4.69, 9.17) is 4.74 Å². The van der Waals surface area contributed by atoms with Crippen molar-refractivity contribution in [1.82, 2.24) is 0 Å². The molecule has 23 heavy (non-hydrogen) atoms. The van der Waals surface area contributed by atoms with Crippen molar-refractivity contribution in [3.8, 4) is 0 Å². The van der Waals surface area contributed by atoms with Crippen LogP contribution in [0.4, 0.5) is 0 Å². The van der Waals surface area contributed by atoms with Gasteiger partial charge in [-0.1, -0.05) is 66.3 Å². The van der Waals surface area contributed by atoms with Gasteiger partial charge in [0.05, 0.1) is 6.26 Å². The molecule has 1 rings (SSSR count). The molecule has 0 bridgehead atoms. The maximum Gasteiger partial charge on any atom is 0.121 e. The van der Waals surface area contributed by atoms with E-state index in [0.29, 0.717) is 17.8 Å². The molecule has 0 saturated carbocycles. The fourth-order valence-corrected chi connectivity index (χ4v) is 2.81. The second-order valence-corrected chi connectivity index (χ2v) is 7.42. The minimum absolute atomic E-state index is 0.0425. The van der Waals surface area contributed by atoms with E-state index in [1.54, 1.807) is 0 Å². The van der Waals surface area contributed by atoms with Crippen LogP contribution in [0.25, 0.3) is 0 Å². The normalized spacial score (nSPS) is 13.8. The van der Waals surface area contributed by atoms with Crippen molar-refractivity contribution in [1.29, 1.82) is 0 Å². The van der Waals surface area contributed by atoms with Crippen molar-refractivity contribution in [3.63, 3.8) is 0 Å². The van der Waals surface area contributed by atoms with E-state index in [0.717, 1.165) is 5.57 Å². The van der Waals surface area contributed by atoms with Crippen molar-refractivity contribution in [2.75, 3.05) is 0 Å². The van der Waals surface area contributed by atoms with Crippen LogP contribution in [0.1, 0.15) is 102 Å². The quantitative estimate of drug-likeness (QED) is 0.381. The average molecular weight is 315 g/mol. The molecule has 0 N–H and O–H groups in total. The summed E-state index contributed by atoms with van der Waals surface area (Å²) in [5.41, 5.74) is 6.65. The molecule has 0 amide bonds. The first-order valence-corrected chi connectivity index (χ1v) is 8.81. The number of benzene rings is 1. The molecule has 0 radical (unpaired) electrons. The molecule has 1 nitrogen and oxygen atoms in total. The Hall–Kier alpha value is -1.50. The van der Waals surface area contributed by atoms with Gasteiger partial charge in [-0.3, -0.25) is 0 Å². The molecule has 0 aromatic heterocycles. The van der Waals surface area contributed by atoms with Gasteiger partial charge in [-0.25, -0.2) is 0 Å². The van der Waals surface area contributed by atoms with Gasteiger partial charge in [0.25, 0.3) is 0 Å². The third kappa shape index (κ3) is 4.99. The van der Waals surface area contributed by atoms with Crippen molar-refractivity contribution >= 4 is 0 Å². The van der Waals surface area contributed by atoms with Gasteiger partial charge in [-0.15, -0.1) is 0 Å². The summed E-state index contributed by atoms with van der Waals surface area (Å²) < 4.78 is 6.03. The Labute approximate surface area is 143 Å². The lowest BCUT2D eigenvalue weighted by Gasteiger charge is -2.26.